The van der Waals surface area contributed by atoms with Crippen LogP contribution in [0.25, 0.3) is 0 Å². The van der Waals surface area contributed by atoms with E-state index in [0.717, 1.165) is 0 Å². The second-order valence-electron chi connectivity index (χ2n) is 0. The molecule has 1 radical (unpaired) electrons. The first-order chi connectivity index (χ1) is 0. The van der Waals surface area contributed by atoms with Crippen molar-refractivity contribution in [2.75, 3.05) is 0 Å². The molecule has 29 valence electrons. The Kier molecular flexibility index (Phi) is 116. The first-order valence-electron chi connectivity index (χ1n) is 0. The number of hydrogen-bond donors (Lipinski definition) is 0. The summed E-state index contributed by atoms with van der Waals surface area (Å²) < 4.78 is 0. The fourth-order valence-corrected chi connectivity index (χ4v) is 0. The van der Waals surface area contributed by atoms with Crippen molar-refractivity contribution in [2.45, 2.75) is 0 Å². The predicted molar refractivity (Wildman–Crippen MR) is 38.4 cm³/mol. The molecule has 0 aromatic carbocycles. The molecule has 0 aromatic rings. The van der Waals surface area contributed by atoms with Crippen molar-refractivity contribution in [3.05, 3.63) is 0 Å². The third-order valence-corrected chi connectivity index (χ3v) is 0. The molecule has 4 heavy (non-hydrogen) atoms. The van der Waals surface area contributed by atoms with Gasteiger partial charge in [0.05, 0.1) is 0 Å². The number of hydrogen-bond acceptors (Lipinski definition) is 0. The van der Waals surface area contributed by atoms with Crippen molar-refractivity contribution in [3.8, 4) is 0 Å². The fourth-order valence-electron chi connectivity index (χ4n) is 0. The molecule has 0 N–H and O–H groups in total. The molecular weight excluding hydrogens is 437 g/mol. The van der Waals surface area contributed by atoms with Gasteiger partial charge >= 0.3 is 91.5 Å². The molecule has 0 aromatic heterocycles. The van der Waals surface area contributed by atoms with Crippen LogP contribution in [0.3, 0.4) is 0 Å². The summed E-state index contributed by atoms with van der Waals surface area (Å²) in [6, 6.07) is 0. The van der Waals surface area contributed by atoms with E-state index in [-0.39, 0.29) is 91.5 Å². The van der Waals surface area contributed by atoms with Gasteiger partial charge in [0.25, 0.3) is 0 Å². The summed E-state index contributed by atoms with van der Waals surface area (Å²) in [6.45, 7) is 0. The molecule has 0 rings (SSSR count). The normalized spacial score (nSPS) is 0. The van der Waals surface area contributed by atoms with Crippen LogP contribution >= 0.6 is 0 Å². The first-order valence-corrected chi connectivity index (χ1v) is 0. The molecule has 0 aliphatic rings. The van der Waals surface area contributed by atoms with Crippen LogP contribution in [0.5, 0.6) is 0 Å². The van der Waals surface area contributed by atoms with Crippen molar-refractivity contribution in [3.63, 3.8) is 0 Å². The SMILES string of the molecule is [GeH4].[InH3].[SbH3].[TeH]. The minimum absolute atomic E-state index is 0. The van der Waals surface area contributed by atoms with Crippen LogP contribution in [-0.4, -0.2) is 91.5 Å². The zero-order chi connectivity index (χ0) is 0. The standard InChI is InChI=1S/GeH4.In.Sb.HTe.6H/h1H4;;;1H;;;;;;. The quantitative estimate of drug-likeness (QED) is 0.329. The molecule has 0 unspecified atom stereocenters. The van der Waals surface area contributed by atoms with Crippen molar-refractivity contribution in [1.82, 2.24) is 0 Å². The average Bonchev–Trinajstić information content (AvgIpc) is 0. The van der Waals surface area contributed by atoms with E-state index in [1.807, 2.05) is 0 Å². The van der Waals surface area contributed by atoms with Gasteiger partial charge in [-0.15, -0.1) is 0 Å². The average molecular weight is 448 g/mol. The van der Waals surface area contributed by atoms with Crippen molar-refractivity contribution in [2.24, 2.45) is 0 Å². The van der Waals surface area contributed by atoms with Crippen LogP contribution in [-0.2, 0) is 0 Å². The summed E-state index contributed by atoms with van der Waals surface area (Å²) in [7, 11) is 0. The van der Waals surface area contributed by atoms with Gasteiger partial charge in [0.1, 0.15) is 0 Å². The van der Waals surface area contributed by atoms with Crippen molar-refractivity contribution >= 4 is 91.5 Å². The Morgan fingerprint density at radius 3 is 1.00 bits per heavy atom. The Balaban J connectivity index is 0. The summed E-state index contributed by atoms with van der Waals surface area (Å²) in [5.41, 5.74) is 0. The minimum atomic E-state index is 0. The van der Waals surface area contributed by atoms with E-state index in [4.69, 9.17) is 0 Å². The summed E-state index contributed by atoms with van der Waals surface area (Å²) in [5, 5.41) is 0. The monoisotopic (exact) mass is 451 g/mol. The molecule has 0 bridgehead atoms. The van der Waals surface area contributed by atoms with Gasteiger partial charge in [-0.2, -0.15) is 0 Å². The van der Waals surface area contributed by atoms with Gasteiger partial charge in [-0.05, 0) is 0 Å². The van der Waals surface area contributed by atoms with E-state index in [2.05, 4.69) is 0 Å². The Hall–Kier alpha value is 3.02. The first kappa shape index (κ1) is 27.9. The second-order valence-corrected chi connectivity index (χ2v) is 0. The van der Waals surface area contributed by atoms with Gasteiger partial charge in [-0.25, -0.2) is 0 Å². The van der Waals surface area contributed by atoms with E-state index in [0.29, 0.717) is 0 Å². The van der Waals surface area contributed by atoms with E-state index in [9.17, 15) is 0 Å². The molecule has 0 aliphatic heterocycles. The molecule has 0 saturated heterocycles. The van der Waals surface area contributed by atoms with Crippen LogP contribution < -0.4 is 0 Å². The fraction of sp³-hybridized carbons (Fsp3) is 0. The van der Waals surface area contributed by atoms with Gasteiger partial charge in [0.2, 0.25) is 0 Å². The van der Waals surface area contributed by atoms with E-state index < -0.39 is 0 Å². The molecule has 0 fully saturated rings. The zero-order valence-electron chi connectivity index (χ0n) is 1.15. The molecule has 0 aliphatic carbocycles. The Labute approximate surface area is 89.8 Å². The van der Waals surface area contributed by atoms with Crippen LogP contribution in [0.4, 0.5) is 0 Å². The Morgan fingerprint density at radius 2 is 1.00 bits per heavy atom. The van der Waals surface area contributed by atoms with Gasteiger partial charge < -0.3 is 0 Å². The topological polar surface area (TPSA) is 0 Å². The predicted octanol–water partition coefficient (Wildman–Crippen LogP) is -4.47. The third kappa shape index (κ3) is 8.90. The Morgan fingerprint density at radius 1 is 1.00 bits per heavy atom. The molecule has 0 nitrogen and oxygen atoms in total. The second kappa shape index (κ2) is 16.6. The van der Waals surface area contributed by atoms with E-state index in [1.165, 1.54) is 0 Å². The maximum atomic E-state index is 0. The van der Waals surface area contributed by atoms with Gasteiger partial charge in [-0.1, -0.05) is 0 Å². The summed E-state index contributed by atoms with van der Waals surface area (Å²) in [6.07, 6.45) is 0. The third-order valence-electron chi connectivity index (χ3n) is 0. The van der Waals surface area contributed by atoms with Gasteiger partial charge in [0, 0.05) is 0 Å². The van der Waals surface area contributed by atoms with E-state index >= 15 is 0 Å². The van der Waals surface area contributed by atoms with Gasteiger partial charge in [-0.3, -0.25) is 0 Å². The molecule has 4 heteroatoms. The molecule has 0 amide bonds. The van der Waals surface area contributed by atoms with Crippen molar-refractivity contribution < 1.29 is 0 Å². The molecule has 0 saturated carbocycles. The zero-order valence-corrected chi connectivity index (χ0v) is 7.74. The summed E-state index contributed by atoms with van der Waals surface area (Å²) in [5.74, 6) is 0. The molecular formula is H11GeInSbTe. The van der Waals surface area contributed by atoms with Crippen LogP contribution in [0, 0.1) is 0 Å². The summed E-state index contributed by atoms with van der Waals surface area (Å²) in [4.78, 5) is 0. The summed E-state index contributed by atoms with van der Waals surface area (Å²) >= 11 is 0. The van der Waals surface area contributed by atoms with Crippen LogP contribution in [0.2, 0.25) is 0 Å². The van der Waals surface area contributed by atoms with Gasteiger partial charge in [0.15, 0.2) is 0 Å². The Bertz CT molecular complexity index is 8.00. The molecule has 0 heterocycles. The van der Waals surface area contributed by atoms with Crippen LogP contribution in [0.15, 0.2) is 0 Å². The maximum absolute atomic E-state index is 0. The van der Waals surface area contributed by atoms with Crippen LogP contribution in [0.1, 0.15) is 0 Å². The molecule has 0 atom stereocenters. The molecule has 0 spiro atoms. The number of rotatable bonds is 0. The van der Waals surface area contributed by atoms with E-state index in [1.54, 1.807) is 0 Å². The van der Waals surface area contributed by atoms with Crippen molar-refractivity contribution in [1.29, 1.82) is 0 Å².